The molecule has 0 bridgehead atoms. The van der Waals surface area contributed by atoms with Crippen LogP contribution >= 0.6 is 15.9 Å². The number of benzene rings is 1. The molecule has 21 heavy (non-hydrogen) atoms. The van der Waals surface area contributed by atoms with Gasteiger partial charge in [0.2, 0.25) is 11.5 Å². The number of nitrogens with zero attached hydrogens (tertiary/aromatic N) is 2. The van der Waals surface area contributed by atoms with Gasteiger partial charge in [-0.2, -0.15) is 0 Å². The lowest BCUT2D eigenvalue weighted by Crippen LogP contribution is -2.18. The second-order valence-corrected chi connectivity index (χ2v) is 4.50. The molecule has 0 unspecified atom stereocenters. The van der Waals surface area contributed by atoms with Crippen LogP contribution in [0.3, 0.4) is 0 Å². The van der Waals surface area contributed by atoms with Crippen molar-refractivity contribution >= 4 is 33.3 Å². The first-order valence-corrected chi connectivity index (χ1v) is 6.00. The number of amides is 1. The third-order valence-corrected chi connectivity index (χ3v) is 2.76. The average Bonchev–Trinajstić information content (AvgIpc) is 2.77. The van der Waals surface area contributed by atoms with Crippen LogP contribution in [0.25, 0.3) is 0 Å². The van der Waals surface area contributed by atoms with Crippen LogP contribution in [0.15, 0.2) is 27.3 Å². The largest absolute Gasteiger partial charge is 0.573 e. The number of halogens is 4. The Bertz CT molecular complexity index is 674. The maximum absolute atomic E-state index is 12.1. The van der Waals surface area contributed by atoms with Crippen LogP contribution in [0.1, 0.15) is 10.5 Å². The van der Waals surface area contributed by atoms with E-state index < -0.39 is 18.0 Å². The third-order valence-electron chi connectivity index (χ3n) is 2.14. The van der Waals surface area contributed by atoms with Gasteiger partial charge in [-0.3, -0.25) is 4.79 Å². The van der Waals surface area contributed by atoms with Crippen molar-refractivity contribution < 1.29 is 27.3 Å². The molecule has 1 aromatic carbocycles. The molecule has 0 spiro atoms. The molecule has 7 nitrogen and oxygen atoms in total. The number of alkyl halides is 3. The summed E-state index contributed by atoms with van der Waals surface area (Å²) in [7, 11) is 0. The van der Waals surface area contributed by atoms with Crippen molar-refractivity contribution in [2.24, 2.45) is 0 Å². The predicted octanol–water partition coefficient (Wildman–Crippen LogP) is 2.57. The lowest BCUT2D eigenvalue weighted by molar-refractivity contribution is -0.274. The Morgan fingerprint density at radius 2 is 2.10 bits per heavy atom. The average molecular weight is 367 g/mol. The Balaban J connectivity index is 2.14. The van der Waals surface area contributed by atoms with Gasteiger partial charge in [0.05, 0.1) is 4.47 Å². The van der Waals surface area contributed by atoms with E-state index in [-0.39, 0.29) is 21.7 Å². The summed E-state index contributed by atoms with van der Waals surface area (Å²) in [5, 5.41) is 8.89. The van der Waals surface area contributed by atoms with Crippen LogP contribution in [-0.2, 0) is 0 Å². The van der Waals surface area contributed by atoms with Gasteiger partial charge in [-0.1, -0.05) is 0 Å². The second kappa shape index (κ2) is 5.60. The number of nitrogen functional groups attached to an aromatic ring is 1. The van der Waals surface area contributed by atoms with Gasteiger partial charge in [-0.25, -0.2) is 4.63 Å². The number of carbonyl (C=O) groups is 1. The summed E-state index contributed by atoms with van der Waals surface area (Å²) in [4.78, 5) is 11.7. The maximum Gasteiger partial charge on any atom is 0.573 e. The zero-order valence-corrected chi connectivity index (χ0v) is 11.5. The summed E-state index contributed by atoms with van der Waals surface area (Å²) in [5.41, 5.74) is 5.30. The van der Waals surface area contributed by atoms with Gasteiger partial charge >= 0.3 is 6.36 Å². The van der Waals surface area contributed by atoms with E-state index in [9.17, 15) is 18.0 Å². The fourth-order valence-electron chi connectivity index (χ4n) is 1.33. The first kappa shape index (κ1) is 15.1. The summed E-state index contributed by atoms with van der Waals surface area (Å²) in [6.07, 6.45) is -4.81. The molecule has 2 rings (SSSR count). The van der Waals surface area contributed by atoms with Crippen LogP contribution in [0.5, 0.6) is 5.75 Å². The molecule has 2 aromatic rings. The summed E-state index contributed by atoms with van der Waals surface area (Å²) in [6.45, 7) is 0. The van der Waals surface area contributed by atoms with E-state index in [4.69, 9.17) is 5.73 Å². The molecule has 1 amide bonds. The van der Waals surface area contributed by atoms with Crippen molar-refractivity contribution in [3.05, 3.63) is 28.4 Å². The molecule has 3 N–H and O–H groups in total. The number of nitrogens with two attached hydrogens (primary N) is 1. The van der Waals surface area contributed by atoms with Crippen molar-refractivity contribution in [3.8, 4) is 5.75 Å². The molecule has 0 aliphatic heterocycles. The number of hydrogen-bond donors (Lipinski definition) is 2. The number of ether oxygens (including phenoxy) is 1. The zero-order chi connectivity index (χ0) is 15.6. The topological polar surface area (TPSA) is 103 Å². The molecule has 0 aliphatic rings. The van der Waals surface area contributed by atoms with E-state index in [2.05, 4.69) is 40.9 Å². The van der Waals surface area contributed by atoms with E-state index in [0.29, 0.717) is 0 Å². The van der Waals surface area contributed by atoms with E-state index in [1.807, 2.05) is 0 Å². The molecular weight excluding hydrogens is 361 g/mol. The van der Waals surface area contributed by atoms with Crippen LogP contribution in [0.2, 0.25) is 0 Å². The van der Waals surface area contributed by atoms with E-state index in [1.54, 1.807) is 0 Å². The monoisotopic (exact) mass is 366 g/mol. The van der Waals surface area contributed by atoms with Gasteiger partial charge in [0.25, 0.3) is 5.91 Å². The lowest BCUT2D eigenvalue weighted by Gasteiger charge is -2.11. The molecule has 0 radical (unpaired) electrons. The first-order chi connectivity index (χ1) is 9.76. The standard InChI is InChI=1S/C10H6BrF3N4O3/c11-5-3-4(1-2-6(5)20-10(12,13)14)16-9(19)7-8(15)18-21-17-7/h1-3H,(H2,15,18)(H,16,19). The van der Waals surface area contributed by atoms with Crippen LogP contribution in [0, 0.1) is 0 Å². The van der Waals surface area contributed by atoms with Crippen molar-refractivity contribution in [1.29, 1.82) is 0 Å². The molecule has 0 atom stereocenters. The van der Waals surface area contributed by atoms with Crippen LogP contribution < -0.4 is 15.8 Å². The fraction of sp³-hybridized carbons (Fsp3) is 0.100. The highest BCUT2D eigenvalue weighted by Crippen LogP contribution is 2.32. The lowest BCUT2D eigenvalue weighted by atomic mass is 10.3. The quantitative estimate of drug-likeness (QED) is 0.865. The minimum absolute atomic E-state index is 0.00359. The summed E-state index contributed by atoms with van der Waals surface area (Å²) in [5.74, 6) is -1.36. The Morgan fingerprint density at radius 1 is 1.38 bits per heavy atom. The zero-order valence-electron chi connectivity index (χ0n) is 9.94. The maximum atomic E-state index is 12.1. The highest BCUT2D eigenvalue weighted by molar-refractivity contribution is 9.10. The van der Waals surface area contributed by atoms with Crippen LogP contribution in [-0.4, -0.2) is 22.6 Å². The van der Waals surface area contributed by atoms with Crippen molar-refractivity contribution in [1.82, 2.24) is 10.3 Å². The Hall–Kier alpha value is -2.30. The molecule has 11 heteroatoms. The van der Waals surface area contributed by atoms with Gasteiger partial charge in [0, 0.05) is 5.69 Å². The Labute approximate surface area is 123 Å². The van der Waals surface area contributed by atoms with Crippen molar-refractivity contribution in [2.75, 3.05) is 11.1 Å². The van der Waals surface area contributed by atoms with Crippen LogP contribution in [0.4, 0.5) is 24.7 Å². The van der Waals surface area contributed by atoms with Crippen molar-refractivity contribution in [3.63, 3.8) is 0 Å². The van der Waals surface area contributed by atoms with Gasteiger partial charge in [-0.05, 0) is 44.4 Å². The summed E-state index contributed by atoms with van der Waals surface area (Å²) < 4.78 is 44.4. The first-order valence-electron chi connectivity index (χ1n) is 5.21. The minimum Gasteiger partial charge on any atom is -0.405 e. The molecule has 112 valence electrons. The third kappa shape index (κ3) is 3.84. The number of carbonyl (C=O) groups excluding carboxylic acids is 1. The Morgan fingerprint density at radius 3 is 2.62 bits per heavy atom. The second-order valence-electron chi connectivity index (χ2n) is 3.65. The van der Waals surface area contributed by atoms with E-state index in [1.165, 1.54) is 12.1 Å². The molecule has 0 saturated carbocycles. The van der Waals surface area contributed by atoms with Gasteiger partial charge < -0.3 is 15.8 Å². The highest BCUT2D eigenvalue weighted by atomic mass is 79.9. The number of anilines is 2. The van der Waals surface area contributed by atoms with Gasteiger partial charge in [0.15, 0.2) is 0 Å². The molecule has 0 fully saturated rings. The smallest absolute Gasteiger partial charge is 0.405 e. The van der Waals surface area contributed by atoms with Gasteiger partial charge in [0.1, 0.15) is 5.75 Å². The number of hydrogen-bond acceptors (Lipinski definition) is 6. The minimum atomic E-state index is -4.81. The number of rotatable bonds is 3. The summed E-state index contributed by atoms with van der Waals surface area (Å²) in [6, 6.07) is 3.48. The van der Waals surface area contributed by atoms with Gasteiger partial charge in [-0.15, -0.1) is 13.2 Å². The fourth-order valence-corrected chi connectivity index (χ4v) is 1.79. The normalized spacial score (nSPS) is 11.2. The molecular formula is C10H6BrF3N4O3. The van der Waals surface area contributed by atoms with E-state index in [0.717, 1.165) is 6.07 Å². The molecule has 0 saturated heterocycles. The molecule has 0 aliphatic carbocycles. The number of aromatic nitrogens is 2. The number of nitrogens with one attached hydrogen (secondary N) is 1. The van der Waals surface area contributed by atoms with E-state index >= 15 is 0 Å². The van der Waals surface area contributed by atoms with Crippen molar-refractivity contribution in [2.45, 2.75) is 6.36 Å². The molecule has 1 heterocycles. The predicted molar refractivity (Wildman–Crippen MR) is 67.5 cm³/mol. The summed E-state index contributed by atoms with van der Waals surface area (Å²) >= 11 is 2.91. The molecule has 1 aromatic heterocycles. The SMILES string of the molecule is Nc1nonc1C(=O)Nc1ccc(OC(F)(F)F)c(Br)c1. The highest BCUT2D eigenvalue weighted by Gasteiger charge is 2.32. The Kier molecular flexibility index (Phi) is 4.02.